The first-order valence-electron chi connectivity index (χ1n) is 9.58. The van der Waals surface area contributed by atoms with Crippen molar-refractivity contribution in [2.75, 3.05) is 10.0 Å². The maximum absolute atomic E-state index is 12.6. The van der Waals surface area contributed by atoms with Gasteiger partial charge in [0.15, 0.2) is 5.76 Å². The Morgan fingerprint density at radius 3 is 2.38 bits per heavy atom. The number of carbonyl (C=O) groups excluding carboxylic acids is 1. The van der Waals surface area contributed by atoms with E-state index in [0.29, 0.717) is 23.0 Å². The molecular formula is C22H19N5O4S. The summed E-state index contributed by atoms with van der Waals surface area (Å²) in [6, 6.07) is 16.5. The van der Waals surface area contributed by atoms with Gasteiger partial charge in [0.2, 0.25) is 0 Å². The van der Waals surface area contributed by atoms with Crippen molar-refractivity contribution in [1.82, 2.24) is 15.0 Å². The number of sulfonamides is 1. The molecule has 0 radical (unpaired) electrons. The Bertz CT molecular complexity index is 1350. The molecule has 2 heterocycles. The molecule has 2 N–H and O–H groups in total. The Morgan fingerprint density at radius 1 is 0.969 bits per heavy atom. The summed E-state index contributed by atoms with van der Waals surface area (Å²) in [5, 5.41) is 2.64. The molecule has 32 heavy (non-hydrogen) atoms. The van der Waals surface area contributed by atoms with Crippen molar-refractivity contribution in [3.8, 4) is 11.3 Å². The molecule has 10 heteroatoms. The number of hydrogen-bond acceptors (Lipinski definition) is 7. The summed E-state index contributed by atoms with van der Waals surface area (Å²) in [5.74, 6) is 0.469. The van der Waals surface area contributed by atoms with Crippen LogP contribution in [-0.2, 0) is 10.0 Å². The van der Waals surface area contributed by atoms with Crippen molar-refractivity contribution < 1.29 is 17.6 Å². The zero-order valence-corrected chi connectivity index (χ0v) is 18.1. The van der Waals surface area contributed by atoms with E-state index in [-0.39, 0.29) is 16.6 Å². The highest BCUT2D eigenvalue weighted by molar-refractivity contribution is 7.92. The van der Waals surface area contributed by atoms with Gasteiger partial charge in [0, 0.05) is 23.0 Å². The van der Waals surface area contributed by atoms with Crippen LogP contribution in [0.4, 0.5) is 11.5 Å². The fraction of sp³-hybridized carbons (Fsp3) is 0.0909. The number of hydrogen-bond donors (Lipinski definition) is 2. The minimum atomic E-state index is -3.86. The highest BCUT2D eigenvalue weighted by Gasteiger charge is 2.17. The normalized spacial score (nSPS) is 11.2. The van der Waals surface area contributed by atoms with E-state index in [1.165, 1.54) is 30.5 Å². The van der Waals surface area contributed by atoms with Crippen molar-refractivity contribution in [3.05, 3.63) is 84.3 Å². The number of nitrogens with zero attached hydrogens (tertiary/aromatic N) is 3. The average Bonchev–Trinajstić information content (AvgIpc) is 3.24. The molecule has 2 aromatic heterocycles. The molecule has 4 rings (SSSR count). The molecule has 2 aromatic carbocycles. The summed E-state index contributed by atoms with van der Waals surface area (Å²) in [4.78, 5) is 24.7. The highest BCUT2D eigenvalue weighted by Crippen LogP contribution is 2.21. The Balaban J connectivity index is 1.45. The highest BCUT2D eigenvalue weighted by atomic mass is 32.2. The molecule has 162 valence electrons. The van der Waals surface area contributed by atoms with Crippen LogP contribution in [0.5, 0.6) is 0 Å². The molecule has 0 unspecified atom stereocenters. The van der Waals surface area contributed by atoms with E-state index in [1.807, 2.05) is 30.3 Å². The van der Waals surface area contributed by atoms with Crippen molar-refractivity contribution in [2.24, 2.45) is 0 Å². The summed E-state index contributed by atoms with van der Waals surface area (Å²) >= 11 is 0. The lowest BCUT2D eigenvalue weighted by Crippen LogP contribution is -2.15. The van der Waals surface area contributed by atoms with Crippen LogP contribution in [0.15, 0.2) is 76.2 Å². The van der Waals surface area contributed by atoms with Crippen LogP contribution in [0.1, 0.15) is 22.2 Å². The number of aryl methyl sites for hydroxylation is 2. The fourth-order valence-electron chi connectivity index (χ4n) is 2.98. The van der Waals surface area contributed by atoms with Crippen LogP contribution in [-0.4, -0.2) is 29.3 Å². The maximum Gasteiger partial charge on any atom is 0.311 e. The molecule has 0 saturated heterocycles. The summed E-state index contributed by atoms with van der Waals surface area (Å²) in [7, 11) is -3.86. The summed E-state index contributed by atoms with van der Waals surface area (Å²) in [6.07, 6.45) is 1.47. The Hall–Kier alpha value is -4.05. The van der Waals surface area contributed by atoms with Crippen LogP contribution >= 0.6 is 0 Å². The molecule has 0 aliphatic rings. The third-order valence-corrected chi connectivity index (χ3v) is 5.76. The average molecular weight is 449 g/mol. The zero-order chi connectivity index (χ0) is 22.7. The van der Waals surface area contributed by atoms with Gasteiger partial charge in [-0.05, 0) is 38.1 Å². The number of benzene rings is 2. The van der Waals surface area contributed by atoms with E-state index in [9.17, 15) is 13.2 Å². The van der Waals surface area contributed by atoms with Gasteiger partial charge in [-0.1, -0.05) is 30.3 Å². The van der Waals surface area contributed by atoms with Crippen molar-refractivity contribution in [2.45, 2.75) is 18.7 Å². The third kappa shape index (κ3) is 4.81. The number of nitrogens with one attached hydrogen (secondary N) is 2. The molecule has 0 aliphatic carbocycles. The zero-order valence-electron chi connectivity index (χ0n) is 17.2. The smallest absolute Gasteiger partial charge is 0.311 e. The minimum absolute atomic E-state index is 0.0203. The number of anilines is 2. The summed E-state index contributed by atoms with van der Waals surface area (Å²) < 4.78 is 33.2. The van der Waals surface area contributed by atoms with Gasteiger partial charge in [-0.15, -0.1) is 0 Å². The van der Waals surface area contributed by atoms with Crippen LogP contribution in [0.25, 0.3) is 11.3 Å². The first-order valence-corrected chi connectivity index (χ1v) is 11.1. The van der Waals surface area contributed by atoms with Gasteiger partial charge in [-0.25, -0.2) is 23.4 Å². The van der Waals surface area contributed by atoms with E-state index >= 15 is 0 Å². The van der Waals surface area contributed by atoms with Gasteiger partial charge in [-0.2, -0.15) is 0 Å². The minimum Gasteiger partial charge on any atom is -0.432 e. The third-order valence-electron chi connectivity index (χ3n) is 4.39. The molecule has 0 spiro atoms. The van der Waals surface area contributed by atoms with Crippen molar-refractivity contribution in [3.63, 3.8) is 0 Å². The first kappa shape index (κ1) is 21.2. The Morgan fingerprint density at radius 2 is 1.69 bits per heavy atom. The van der Waals surface area contributed by atoms with Crippen LogP contribution in [0, 0.1) is 13.8 Å². The largest absolute Gasteiger partial charge is 0.432 e. The van der Waals surface area contributed by atoms with E-state index in [4.69, 9.17) is 4.42 Å². The number of rotatable bonds is 6. The van der Waals surface area contributed by atoms with Gasteiger partial charge >= 0.3 is 5.91 Å². The second kappa shape index (κ2) is 8.60. The number of carbonyl (C=O) groups is 1. The number of amides is 1. The molecule has 0 atom stereocenters. The summed E-state index contributed by atoms with van der Waals surface area (Å²) in [6.45, 7) is 3.43. The topological polar surface area (TPSA) is 127 Å². The second-order valence-corrected chi connectivity index (χ2v) is 8.60. The van der Waals surface area contributed by atoms with E-state index in [2.05, 4.69) is 25.0 Å². The standard InChI is InChI=1S/C22H19N5O4S/c1-14-12-20(25-15(2)24-14)27-32(29,30)18-10-8-17(9-11-18)26-21(28)22-23-13-19(31-22)16-6-4-3-5-7-16/h3-13H,1-2H3,(H,26,28)(H,24,25,27). The van der Waals surface area contributed by atoms with Gasteiger partial charge in [-0.3, -0.25) is 9.52 Å². The number of oxazole rings is 1. The predicted molar refractivity (Wildman–Crippen MR) is 119 cm³/mol. The molecule has 0 saturated carbocycles. The lowest BCUT2D eigenvalue weighted by atomic mass is 10.2. The number of aromatic nitrogens is 3. The van der Waals surface area contributed by atoms with Crippen LogP contribution in [0.3, 0.4) is 0 Å². The molecule has 9 nitrogen and oxygen atoms in total. The monoisotopic (exact) mass is 449 g/mol. The van der Waals surface area contributed by atoms with Gasteiger partial charge in [0.25, 0.3) is 15.9 Å². The lowest BCUT2D eigenvalue weighted by molar-refractivity contribution is 0.0991. The van der Waals surface area contributed by atoms with Crippen LogP contribution in [0.2, 0.25) is 0 Å². The van der Waals surface area contributed by atoms with Crippen molar-refractivity contribution in [1.29, 1.82) is 0 Å². The maximum atomic E-state index is 12.6. The van der Waals surface area contributed by atoms with E-state index < -0.39 is 15.9 Å². The predicted octanol–water partition coefficient (Wildman–Crippen LogP) is 3.80. The Labute approximate surface area is 184 Å². The molecule has 0 fully saturated rings. The van der Waals surface area contributed by atoms with Crippen molar-refractivity contribution >= 4 is 27.4 Å². The fourth-order valence-corrected chi connectivity index (χ4v) is 3.97. The molecule has 1 amide bonds. The van der Waals surface area contributed by atoms with Gasteiger partial charge < -0.3 is 9.73 Å². The van der Waals surface area contributed by atoms with Gasteiger partial charge in [0.1, 0.15) is 11.6 Å². The van der Waals surface area contributed by atoms with Gasteiger partial charge in [0.05, 0.1) is 11.1 Å². The molecule has 0 bridgehead atoms. The van der Waals surface area contributed by atoms with E-state index in [0.717, 1.165) is 5.56 Å². The molecule has 4 aromatic rings. The molecular weight excluding hydrogens is 430 g/mol. The quantitative estimate of drug-likeness (QED) is 0.458. The summed E-state index contributed by atoms with van der Waals surface area (Å²) in [5.41, 5.74) is 1.84. The van der Waals surface area contributed by atoms with Crippen LogP contribution < -0.4 is 10.0 Å². The second-order valence-electron chi connectivity index (χ2n) is 6.92. The Kier molecular flexibility index (Phi) is 5.69. The first-order chi connectivity index (χ1) is 15.3. The molecule has 0 aliphatic heterocycles. The lowest BCUT2D eigenvalue weighted by Gasteiger charge is -2.09. The SMILES string of the molecule is Cc1cc(NS(=O)(=O)c2ccc(NC(=O)c3ncc(-c4ccccc4)o3)cc2)nc(C)n1. The van der Waals surface area contributed by atoms with E-state index in [1.54, 1.807) is 19.9 Å².